The predicted octanol–water partition coefficient (Wildman–Crippen LogP) is 8.55. The summed E-state index contributed by atoms with van der Waals surface area (Å²) in [6, 6.07) is 40.0. The number of nitrogens with zero attached hydrogens (tertiary/aromatic N) is 1. The van der Waals surface area contributed by atoms with Gasteiger partial charge in [0.1, 0.15) is 18.8 Å². The van der Waals surface area contributed by atoms with Crippen LogP contribution >= 0.6 is 0 Å². The van der Waals surface area contributed by atoms with Crippen LogP contribution in [0.5, 0.6) is 23.0 Å². The molecule has 0 N–H and O–H groups in total. The smallest absolute Gasteiger partial charge is 0.330 e. The highest BCUT2D eigenvalue weighted by molar-refractivity contribution is 6.11. The monoisotopic (exact) mass is 665 g/mol. The molecule has 5 aromatic rings. The van der Waals surface area contributed by atoms with Crippen LogP contribution in [-0.2, 0) is 34.7 Å². The Morgan fingerprint density at radius 3 is 1.86 bits per heavy atom. The third kappa shape index (κ3) is 8.13. The van der Waals surface area contributed by atoms with Crippen molar-refractivity contribution >= 4 is 17.8 Å². The van der Waals surface area contributed by atoms with Crippen molar-refractivity contribution in [3.63, 3.8) is 0 Å². The van der Waals surface area contributed by atoms with Crippen molar-refractivity contribution in [2.45, 2.75) is 25.2 Å². The molecule has 0 saturated carbocycles. The van der Waals surface area contributed by atoms with Crippen LogP contribution in [0.25, 0.3) is 6.08 Å². The molecule has 0 aromatic heterocycles. The van der Waals surface area contributed by atoms with Gasteiger partial charge >= 0.3 is 5.97 Å². The Bertz CT molecular complexity index is 2000. The molecule has 50 heavy (non-hydrogen) atoms. The molecule has 0 spiro atoms. The molecule has 6 rings (SSSR count). The zero-order chi connectivity index (χ0) is 34.8. The maximum Gasteiger partial charge on any atom is 0.330 e. The molecule has 1 heterocycles. The van der Waals surface area contributed by atoms with Gasteiger partial charge in [0, 0.05) is 18.1 Å². The van der Waals surface area contributed by atoms with Crippen molar-refractivity contribution in [2.75, 3.05) is 21.3 Å². The summed E-state index contributed by atoms with van der Waals surface area (Å²) in [6.07, 6.45) is 7.91. The van der Waals surface area contributed by atoms with Crippen LogP contribution in [-0.4, -0.2) is 33.0 Å². The highest BCUT2D eigenvalue weighted by atomic mass is 16.5. The number of hydrogen-bond donors (Lipinski definition) is 0. The zero-order valence-electron chi connectivity index (χ0n) is 28.4. The lowest BCUT2D eigenvalue weighted by atomic mass is 9.84. The van der Waals surface area contributed by atoms with Gasteiger partial charge in [-0.3, -0.25) is 4.99 Å². The Morgan fingerprint density at radius 2 is 1.26 bits per heavy atom. The summed E-state index contributed by atoms with van der Waals surface area (Å²) in [6.45, 7) is 0.859. The number of hydrogen-bond acceptors (Lipinski definition) is 7. The minimum absolute atomic E-state index is 0.399. The molecule has 0 bridgehead atoms. The van der Waals surface area contributed by atoms with Crippen LogP contribution in [0.15, 0.2) is 145 Å². The van der Waals surface area contributed by atoms with Gasteiger partial charge in [0.25, 0.3) is 0 Å². The molecule has 7 nitrogen and oxygen atoms in total. The largest absolute Gasteiger partial charge is 0.493 e. The van der Waals surface area contributed by atoms with E-state index in [9.17, 15) is 4.79 Å². The molecule has 0 amide bonds. The van der Waals surface area contributed by atoms with Gasteiger partial charge in [0.05, 0.1) is 27.0 Å². The second-order valence-electron chi connectivity index (χ2n) is 11.8. The van der Waals surface area contributed by atoms with E-state index in [1.807, 2.05) is 109 Å². The maximum atomic E-state index is 11.6. The minimum Gasteiger partial charge on any atom is -0.493 e. The summed E-state index contributed by atoms with van der Waals surface area (Å²) < 4.78 is 28.6. The van der Waals surface area contributed by atoms with E-state index in [2.05, 4.69) is 24.3 Å². The number of methoxy groups -OCH3 is 3. The van der Waals surface area contributed by atoms with Crippen LogP contribution in [0.2, 0.25) is 0 Å². The first kappa shape index (κ1) is 33.8. The van der Waals surface area contributed by atoms with Crippen molar-refractivity contribution in [2.24, 2.45) is 4.99 Å². The lowest BCUT2D eigenvalue weighted by molar-refractivity contribution is -0.134. The summed E-state index contributed by atoms with van der Waals surface area (Å²) >= 11 is 0. The maximum absolute atomic E-state index is 11.6. The number of benzene rings is 5. The van der Waals surface area contributed by atoms with E-state index in [1.165, 1.54) is 13.2 Å². The molecule has 7 heteroatoms. The minimum atomic E-state index is -0.736. The normalized spacial score (nSPS) is 15.1. The number of carbonyl (C=O) groups is 1. The van der Waals surface area contributed by atoms with E-state index in [-0.39, 0.29) is 0 Å². The summed E-state index contributed by atoms with van der Waals surface area (Å²) in [7, 11) is 4.65. The van der Waals surface area contributed by atoms with E-state index in [0.29, 0.717) is 42.6 Å². The Kier molecular flexibility index (Phi) is 10.7. The van der Waals surface area contributed by atoms with E-state index in [0.717, 1.165) is 39.1 Å². The average molecular weight is 666 g/mol. The number of aliphatic imine (C=N–C) groups is 1. The quantitative estimate of drug-likeness (QED) is 0.0874. The van der Waals surface area contributed by atoms with E-state index >= 15 is 0 Å². The molecule has 0 radical (unpaired) electrons. The molecule has 0 aliphatic carbocycles. The average Bonchev–Trinajstić information content (AvgIpc) is 3.61. The van der Waals surface area contributed by atoms with Gasteiger partial charge in [-0.05, 0) is 70.3 Å². The first-order valence-corrected chi connectivity index (χ1v) is 16.3. The summed E-state index contributed by atoms with van der Waals surface area (Å²) in [4.78, 5) is 17.0. The Balaban J connectivity index is 1.31. The summed E-state index contributed by atoms with van der Waals surface area (Å²) in [5, 5.41) is 0. The molecule has 252 valence electrons. The lowest BCUT2D eigenvalue weighted by Crippen LogP contribution is -2.23. The van der Waals surface area contributed by atoms with Crippen molar-refractivity contribution < 1.29 is 28.5 Å². The molecule has 1 aliphatic heterocycles. The molecular weight excluding hydrogens is 626 g/mol. The predicted molar refractivity (Wildman–Crippen MR) is 196 cm³/mol. The van der Waals surface area contributed by atoms with E-state index in [1.54, 1.807) is 20.3 Å². The topological polar surface area (TPSA) is 75.6 Å². The van der Waals surface area contributed by atoms with Crippen molar-refractivity contribution in [1.29, 1.82) is 0 Å². The molecule has 1 aliphatic rings. The Hall–Kier alpha value is -6.08. The van der Waals surface area contributed by atoms with Crippen molar-refractivity contribution in [1.82, 2.24) is 0 Å². The number of esters is 1. The first-order valence-electron chi connectivity index (χ1n) is 16.3. The van der Waals surface area contributed by atoms with Crippen LogP contribution in [0.4, 0.5) is 0 Å². The Labute approximate surface area is 293 Å². The Morgan fingerprint density at radius 1 is 0.660 bits per heavy atom. The van der Waals surface area contributed by atoms with Gasteiger partial charge < -0.3 is 23.7 Å². The van der Waals surface area contributed by atoms with E-state index in [4.69, 9.17) is 28.7 Å². The van der Waals surface area contributed by atoms with E-state index < -0.39 is 11.5 Å². The van der Waals surface area contributed by atoms with Gasteiger partial charge in [-0.2, -0.15) is 0 Å². The standard InChI is InChI=1S/C43H39NO6/c1-46-40-26-35(19-21-38(40)49-29-33-10-6-4-7-11-33)37-24-25-43(44-37,28-32-16-14-31(15-17-32)18-23-42(45)48-3)36-20-22-39(41(27-36)47-2)50-30-34-12-8-5-9-13-34/h4-27H,28-30H2,1-3H3. The van der Waals surface area contributed by atoms with Crippen LogP contribution < -0.4 is 18.9 Å². The molecule has 1 unspecified atom stereocenters. The lowest BCUT2D eigenvalue weighted by Gasteiger charge is -2.26. The van der Waals surface area contributed by atoms with Gasteiger partial charge in [0.2, 0.25) is 0 Å². The third-order valence-electron chi connectivity index (χ3n) is 8.50. The molecule has 1 atom stereocenters. The zero-order valence-corrected chi connectivity index (χ0v) is 28.4. The fourth-order valence-electron chi connectivity index (χ4n) is 5.79. The second kappa shape index (κ2) is 15.9. The third-order valence-corrected chi connectivity index (χ3v) is 8.50. The number of carbonyl (C=O) groups excluding carboxylic acids is 1. The molecule has 0 fully saturated rings. The van der Waals surface area contributed by atoms with Crippen LogP contribution in [0.3, 0.4) is 0 Å². The van der Waals surface area contributed by atoms with Gasteiger partial charge in [-0.15, -0.1) is 0 Å². The van der Waals surface area contributed by atoms with Crippen LogP contribution in [0, 0.1) is 0 Å². The summed E-state index contributed by atoms with van der Waals surface area (Å²) in [5.74, 6) is 2.16. The fourth-order valence-corrected chi connectivity index (χ4v) is 5.79. The van der Waals surface area contributed by atoms with Crippen LogP contribution in [0.1, 0.15) is 33.4 Å². The summed E-state index contributed by atoms with van der Waals surface area (Å²) in [5.41, 5.74) is 6.05. The molecular formula is C43H39NO6. The van der Waals surface area contributed by atoms with Gasteiger partial charge in [-0.1, -0.05) is 97.1 Å². The number of ether oxygens (including phenoxy) is 5. The van der Waals surface area contributed by atoms with Gasteiger partial charge in [-0.25, -0.2) is 4.79 Å². The number of allylic oxidation sites excluding steroid dienone is 1. The fraction of sp³-hybridized carbons (Fsp3) is 0.163. The SMILES string of the molecule is COC(=O)C=Cc1ccc(CC2(c3ccc(OCc4ccccc4)c(OC)c3)C=CC(c3ccc(OCc4ccccc4)c(OC)c3)=N2)cc1. The second-order valence-corrected chi connectivity index (χ2v) is 11.8. The molecule has 0 saturated heterocycles. The van der Waals surface area contributed by atoms with Gasteiger partial charge in [0.15, 0.2) is 23.0 Å². The highest BCUT2D eigenvalue weighted by Gasteiger charge is 2.34. The van der Waals surface area contributed by atoms with Crippen molar-refractivity contribution in [3.05, 3.63) is 173 Å². The number of rotatable bonds is 14. The van der Waals surface area contributed by atoms with Crippen molar-refractivity contribution in [3.8, 4) is 23.0 Å². The highest BCUT2D eigenvalue weighted by Crippen LogP contribution is 2.41. The molecule has 5 aromatic carbocycles. The first-order chi connectivity index (χ1) is 24.5.